The highest BCUT2D eigenvalue weighted by atomic mass is 32.1. The molecular formula is C33H37F3N6O2S. The highest BCUT2D eigenvalue weighted by Gasteiger charge is 2.53. The van der Waals surface area contributed by atoms with Crippen molar-refractivity contribution >= 4 is 24.0 Å². The number of rotatable bonds is 10. The molecule has 4 aromatic rings. The summed E-state index contributed by atoms with van der Waals surface area (Å²) in [5.74, 6) is 2.80. The van der Waals surface area contributed by atoms with Crippen LogP contribution in [0.15, 0.2) is 118 Å². The topological polar surface area (TPSA) is 74.4 Å². The lowest BCUT2D eigenvalue weighted by atomic mass is 9.75. The zero-order valence-corrected chi connectivity index (χ0v) is 26.9. The molecule has 0 saturated carbocycles. The van der Waals surface area contributed by atoms with E-state index in [-0.39, 0.29) is 11.1 Å². The van der Waals surface area contributed by atoms with Gasteiger partial charge in [0.05, 0.1) is 11.4 Å². The van der Waals surface area contributed by atoms with Gasteiger partial charge in [0, 0.05) is 28.2 Å². The predicted octanol–water partition coefficient (Wildman–Crippen LogP) is 10.2. The predicted molar refractivity (Wildman–Crippen MR) is 174 cm³/mol. The number of benzene rings is 4. The average Bonchev–Trinajstić information content (AvgIpc) is 3.00. The van der Waals surface area contributed by atoms with Gasteiger partial charge in [-0.15, -0.1) is 10.2 Å². The highest BCUT2D eigenvalue weighted by molar-refractivity contribution is 7.80. The van der Waals surface area contributed by atoms with Crippen molar-refractivity contribution in [2.75, 3.05) is 33.9 Å². The molecule has 0 atom stereocenters. The first-order chi connectivity index (χ1) is 21.3. The lowest BCUT2D eigenvalue weighted by molar-refractivity contribution is -0.173. The molecule has 0 aliphatic heterocycles. The lowest BCUT2D eigenvalue weighted by Gasteiger charge is -2.33. The van der Waals surface area contributed by atoms with Crippen molar-refractivity contribution in [1.29, 1.82) is 0 Å². The van der Waals surface area contributed by atoms with Crippen molar-refractivity contribution < 1.29 is 22.6 Å². The minimum atomic E-state index is -4.56. The van der Waals surface area contributed by atoms with Crippen LogP contribution >= 0.6 is 12.6 Å². The molecular weight excluding hydrogens is 601 g/mol. The second-order valence-corrected chi connectivity index (χ2v) is 10.9. The third-order valence-corrected chi connectivity index (χ3v) is 6.25. The maximum Gasteiger partial charge on any atom is 0.402 e. The first kappa shape index (κ1) is 34.9. The van der Waals surface area contributed by atoms with E-state index in [0.29, 0.717) is 34.4 Å². The minimum Gasteiger partial charge on any atom is -0.457 e. The molecule has 0 aromatic heterocycles. The van der Waals surface area contributed by atoms with E-state index in [4.69, 9.17) is 9.47 Å². The van der Waals surface area contributed by atoms with Crippen LogP contribution in [0.25, 0.3) is 0 Å². The maximum atomic E-state index is 14.6. The number of ether oxygens (including phenoxy) is 2. The van der Waals surface area contributed by atoms with Crippen LogP contribution in [0.4, 0.5) is 24.5 Å². The Morgan fingerprint density at radius 2 is 0.844 bits per heavy atom. The maximum absolute atomic E-state index is 14.6. The molecule has 0 bridgehead atoms. The van der Waals surface area contributed by atoms with Crippen LogP contribution in [0.5, 0.6) is 23.0 Å². The number of halogens is 3. The fourth-order valence-electron chi connectivity index (χ4n) is 3.92. The summed E-state index contributed by atoms with van der Waals surface area (Å²) in [7, 11) is 7.06. The van der Waals surface area contributed by atoms with Crippen molar-refractivity contribution in [3.8, 4) is 23.0 Å². The van der Waals surface area contributed by atoms with Crippen molar-refractivity contribution in [3.05, 3.63) is 108 Å². The lowest BCUT2D eigenvalue weighted by Crippen LogP contribution is -2.40. The van der Waals surface area contributed by atoms with E-state index in [1.54, 1.807) is 86.7 Å². The number of nitrogens with zero attached hydrogens (tertiary/aromatic N) is 6. The van der Waals surface area contributed by atoms with Gasteiger partial charge in [0.25, 0.3) is 0 Å². The molecule has 0 aliphatic carbocycles. The number of alkyl halides is 3. The Morgan fingerprint density at radius 3 is 1.09 bits per heavy atom. The third-order valence-electron chi connectivity index (χ3n) is 6.25. The Bertz CT molecular complexity index is 1420. The molecule has 0 N–H and O–H groups in total. The summed E-state index contributed by atoms with van der Waals surface area (Å²) >= 11 is 3.79. The van der Waals surface area contributed by atoms with Crippen LogP contribution < -0.4 is 9.47 Å². The fourth-order valence-corrected chi connectivity index (χ4v) is 3.92. The smallest absolute Gasteiger partial charge is 0.402 e. The van der Waals surface area contributed by atoms with Gasteiger partial charge in [-0.2, -0.15) is 25.8 Å². The van der Waals surface area contributed by atoms with Crippen molar-refractivity contribution in [3.63, 3.8) is 0 Å². The second kappa shape index (κ2) is 15.9. The third kappa shape index (κ3) is 9.97. The van der Waals surface area contributed by atoms with Gasteiger partial charge in [0.2, 0.25) is 0 Å². The van der Waals surface area contributed by atoms with Gasteiger partial charge in [0.1, 0.15) is 28.4 Å². The Kier molecular flexibility index (Phi) is 12.4. The summed E-state index contributed by atoms with van der Waals surface area (Å²) in [6, 6.07) is 25.6. The summed E-state index contributed by atoms with van der Waals surface area (Å²) in [4.78, 5) is 0. The minimum absolute atomic E-state index is 0.0814. The SMILES string of the molecule is CCS.CN(C)N=Nc1ccc(Oc2ccc(C(C)(c3ccc(Oc4ccc(N=NN(C)C)cc4)cc3)C(F)(F)F)cc2)cc1. The molecule has 0 heterocycles. The van der Waals surface area contributed by atoms with Gasteiger partial charge in [-0.25, -0.2) is 0 Å². The van der Waals surface area contributed by atoms with E-state index in [2.05, 4.69) is 33.3 Å². The van der Waals surface area contributed by atoms with Crippen molar-refractivity contribution in [2.24, 2.45) is 20.7 Å². The molecule has 4 aromatic carbocycles. The molecule has 0 radical (unpaired) electrons. The summed E-state index contributed by atoms with van der Waals surface area (Å²) < 4.78 is 55.4. The highest BCUT2D eigenvalue weighted by Crippen LogP contribution is 2.47. The summed E-state index contributed by atoms with van der Waals surface area (Å²) in [6.45, 7) is 3.16. The molecule has 12 heteroatoms. The van der Waals surface area contributed by atoms with Gasteiger partial charge in [0.15, 0.2) is 0 Å². The Balaban J connectivity index is 0.00000177. The summed E-state index contributed by atoms with van der Waals surface area (Å²) in [6.07, 6.45) is -4.56. The molecule has 45 heavy (non-hydrogen) atoms. The van der Waals surface area contributed by atoms with Crippen molar-refractivity contribution in [2.45, 2.75) is 25.4 Å². The molecule has 238 valence electrons. The van der Waals surface area contributed by atoms with E-state index in [1.807, 2.05) is 6.92 Å². The largest absolute Gasteiger partial charge is 0.457 e. The van der Waals surface area contributed by atoms with E-state index in [9.17, 15) is 13.2 Å². The van der Waals surface area contributed by atoms with E-state index in [0.717, 1.165) is 5.75 Å². The standard InChI is InChI=1S/C31H31F3N6O2.C2H6S/c1-30(31(32,33)34,22-6-14-26(15-7-22)41-28-18-10-24(11-19-28)35-37-39(2)3)23-8-16-27(17-9-23)42-29-20-12-25(13-21-29)36-38-40(4)5;1-2-3/h6-21H,1-5H3;3H,2H2,1H3. The van der Waals surface area contributed by atoms with Crippen LogP contribution in [-0.4, -0.2) is 50.1 Å². The molecule has 0 aliphatic rings. The van der Waals surface area contributed by atoms with Crippen molar-refractivity contribution in [1.82, 2.24) is 10.0 Å². The zero-order valence-electron chi connectivity index (χ0n) is 26.0. The van der Waals surface area contributed by atoms with E-state index >= 15 is 0 Å². The van der Waals surface area contributed by atoms with Crippen LogP contribution in [0.2, 0.25) is 0 Å². The van der Waals surface area contributed by atoms with Crippen LogP contribution in [0.3, 0.4) is 0 Å². The Labute approximate surface area is 267 Å². The molecule has 0 amide bonds. The quantitative estimate of drug-likeness (QED) is 0.107. The zero-order chi connectivity index (χ0) is 33.0. The molecule has 0 fully saturated rings. The summed E-state index contributed by atoms with van der Waals surface area (Å²) in [5, 5.41) is 19.1. The van der Waals surface area contributed by atoms with Gasteiger partial charge < -0.3 is 9.47 Å². The molecule has 8 nitrogen and oxygen atoms in total. The van der Waals surface area contributed by atoms with E-state index in [1.165, 1.54) is 55.5 Å². The van der Waals surface area contributed by atoms with Gasteiger partial charge in [-0.3, -0.25) is 10.0 Å². The molecule has 4 rings (SSSR count). The van der Waals surface area contributed by atoms with Crippen LogP contribution in [0.1, 0.15) is 25.0 Å². The van der Waals surface area contributed by atoms with Crippen LogP contribution in [0, 0.1) is 0 Å². The van der Waals surface area contributed by atoms with Gasteiger partial charge >= 0.3 is 6.18 Å². The van der Waals surface area contributed by atoms with Gasteiger partial charge in [-0.1, -0.05) is 41.6 Å². The Morgan fingerprint density at radius 1 is 0.578 bits per heavy atom. The molecule has 0 saturated heterocycles. The van der Waals surface area contributed by atoms with Crippen LogP contribution in [-0.2, 0) is 5.41 Å². The molecule has 0 unspecified atom stereocenters. The van der Waals surface area contributed by atoms with Gasteiger partial charge in [-0.05, 0) is 96.6 Å². The number of hydrogen-bond donors (Lipinski definition) is 1. The molecule has 0 spiro atoms. The number of hydrogen-bond acceptors (Lipinski definition) is 7. The fraction of sp³-hybridized carbons (Fsp3) is 0.273. The monoisotopic (exact) mass is 638 g/mol. The summed E-state index contributed by atoms with van der Waals surface area (Å²) in [5.41, 5.74) is -0.813. The second-order valence-electron chi connectivity index (χ2n) is 10.3. The average molecular weight is 639 g/mol. The van der Waals surface area contributed by atoms with E-state index < -0.39 is 11.6 Å². The number of thiol groups is 1. The normalized spacial score (nSPS) is 12.8. The first-order valence-electron chi connectivity index (χ1n) is 14.0. The Hall–Kier alpha value is -4.58. The first-order valence-corrected chi connectivity index (χ1v) is 14.6.